The van der Waals surface area contributed by atoms with E-state index in [2.05, 4.69) is 5.32 Å². The van der Waals surface area contributed by atoms with Gasteiger partial charge in [0.2, 0.25) is 5.91 Å². The van der Waals surface area contributed by atoms with E-state index in [1.54, 1.807) is 6.08 Å². The normalized spacial score (nSPS) is 13.4. The zero-order valence-corrected chi connectivity index (χ0v) is 6.45. The van der Waals surface area contributed by atoms with Crippen LogP contribution in [0.1, 0.15) is 13.3 Å². The molecular formula is C7H13NO3. The molecule has 0 aliphatic carbocycles. The molecule has 1 amide bonds. The topological polar surface area (TPSA) is 69.6 Å². The molecule has 0 bridgehead atoms. The van der Waals surface area contributed by atoms with E-state index < -0.39 is 6.23 Å². The first-order chi connectivity index (χ1) is 5.16. The van der Waals surface area contributed by atoms with E-state index in [9.17, 15) is 4.79 Å². The molecule has 0 aliphatic heterocycles. The zero-order chi connectivity index (χ0) is 8.69. The average Bonchev–Trinajstić information content (AvgIpc) is 1.86. The van der Waals surface area contributed by atoms with Crippen LogP contribution in [0, 0.1) is 0 Å². The molecule has 1 atom stereocenters. The fourth-order valence-electron chi connectivity index (χ4n) is 0.593. The van der Waals surface area contributed by atoms with Gasteiger partial charge in [0.25, 0.3) is 0 Å². The van der Waals surface area contributed by atoms with Gasteiger partial charge in [0.1, 0.15) is 6.23 Å². The third-order valence-corrected chi connectivity index (χ3v) is 1.00. The highest BCUT2D eigenvalue weighted by Crippen LogP contribution is 1.88. The summed E-state index contributed by atoms with van der Waals surface area (Å²) in [6.45, 7) is 1.28. The van der Waals surface area contributed by atoms with Gasteiger partial charge >= 0.3 is 0 Å². The van der Waals surface area contributed by atoms with Crippen LogP contribution in [0.5, 0.6) is 0 Å². The number of aliphatic hydroxyl groups excluding tert-OH is 2. The Labute approximate surface area is 65.5 Å². The smallest absolute Gasteiger partial charge is 0.218 e. The Morgan fingerprint density at radius 1 is 1.64 bits per heavy atom. The first-order valence-corrected chi connectivity index (χ1v) is 3.38. The monoisotopic (exact) mass is 159 g/mol. The van der Waals surface area contributed by atoms with Crippen LogP contribution in [0.4, 0.5) is 0 Å². The zero-order valence-electron chi connectivity index (χ0n) is 6.45. The summed E-state index contributed by atoms with van der Waals surface area (Å²) < 4.78 is 0. The third kappa shape index (κ3) is 7.02. The van der Waals surface area contributed by atoms with Crippen molar-refractivity contribution in [2.45, 2.75) is 19.6 Å². The molecule has 0 rings (SSSR count). The second kappa shape index (κ2) is 5.88. The molecule has 11 heavy (non-hydrogen) atoms. The van der Waals surface area contributed by atoms with Gasteiger partial charge in [-0.1, -0.05) is 12.2 Å². The third-order valence-electron chi connectivity index (χ3n) is 1.00. The van der Waals surface area contributed by atoms with Crippen molar-refractivity contribution in [2.75, 3.05) is 6.61 Å². The molecule has 0 aliphatic rings. The fraction of sp³-hybridized carbons (Fsp3) is 0.571. The van der Waals surface area contributed by atoms with Crippen LogP contribution >= 0.6 is 0 Å². The van der Waals surface area contributed by atoms with Crippen molar-refractivity contribution in [1.29, 1.82) is 0 Å². The number of hydrogen-bond acceptors (Lipinski definition) is 3. The predicted octanol–water partition coefficient (Wildman–Crippen LogP) is -0.621. The Balaban J connectivity index is 3.44. The van der Waals surface area contributed by atoms with Crippen LogP contribution < -0.4 is 5.32 Å². The van der Waals surface area contributed by atoms with Crippen LogP contribution in [0.3, 0.4) is 0 Å². The van der Waals surface area contributed by atoms with E-state index >= 15 is 0 Å². The molecule has 0 saturated carbocycles. The summed E-state index contributed by atoms with van der Waals surface area (Å²) in [6, 6.07) is 0. The molecule has 0 aromatic rings. The Morgan fingerprint density at radius 2 is 2.27 bits per heavy atom. The number of nitrogens with one attached hydrogen (secondary N) is 1. The van der Waals surface area contributed by atoms with Gasteiger partial charge in [-0.25, -0.2) is 0 Å². The van der Waals surface area contributed by atoms with E-state index in [1.807, 2.05) is 0 Å². The van der Waals surface area contributed by atoms with Gasteiger partial charge in [-0.2, -0.15) is 0 Å². The van der Waals surface area contributed by atoms with Crippen LogP contribution in [0.25, 0.3) is 0 Å². The van der Waals surface area contributed by atoms with Gasteiger partial charge in [0, 0.05) is 13.3 Å². The van der Waals surface area contributed by atoms with Crippen molar-refractivity contribution in [1.82, 2.24) is 5.32 Å². The number of hydrogen-bond donors (Lipinski definition) is 3. The summed E-state index contributed by atoms with van der Waals surface area (Å²) in [5.41, 5.74) is 0. The first kappa shape index (κ1) is 10.1. The van der Waals surface area contributed by atoms with E-state index in [1.165, 1.54) is 13.0 Å². The van der Waals surface area contributed by atoms with Gasteiger partial charge in [-0.15, -0.1) is 0 Å². The molecule has 4 nitrogen and oxygen atoms in total. The van der Waals surface area contributed by atoms with E-state index in [0.29, 0.717) is 6.42 Å². The lowest BCUT2D eigenvalue weighted by Gasteiger charge is -2.07. The van der Waals surface area contributed by atoms with Crippen molar-refractivity contribution in [3.63, 3.8) is 0 Å². The first-order valence-electron chi connectivity index (χ1n) is 3.38. The van der Waals surface area contributed by atoms with Gasteiger partial charge in [0.15, 0.2) is 0 Å². The van der Waals surface area contributed by atoms with Crippen LogP contribution in [-0.2, 0) is 4.79 Å². The lowest BCUT2D eigenvalue weighted by atomic mass is 10.3. The molecule has 4 heteroatoms. The molecule has 3 N–H and O–H groups in total. The number of rotatable bonds is 4. The van der Waals surface area contributed by atoms with Crippen LogP contribution in [-0.4, -0.2) is 29.0 Å². The largest absolute Gasteiger partial charge is 0.392 e. The van der Waals surface area contributed by atoms with E-state index in [-0.39, 0.29) is 12.5 Å². The van der Waals surface area contributed by atoms with Gasteiger partial charge in [-0.3, -0.25) is 4.79 Å². The molecule has 1 unspecified atom stereocenters. The highest BCUT2D eigenvalue weighted by molar-refractivity contribution is 5.72. The fourth-order valence-corrected chi connectivity index (χ4v) is 0.593. The molecular weight excluding hydrogens is 146 g/mol. The molecule has 0 heterocycles. The number of carbonyl (C=O) groups is 1. The predicted molar refractivity (Wildman–Crippen MR) is 40.7 cm³/mol. The Bertz CT molecular complexity index is 145. The van der Waals surface area contributed by atoms with Crippen molar-refractivity contribution in [3.8, 4) is 0 Å². The Hall–Kier alpha value is -0.870. The maximum absolute atomic E-state index is 10.3. The molecule has 0 spiro atoms. The second-order valence-corrected chi connectivity index (χ2v) is 2.11. The summed E-state index contributed by atoms with van der Waals surface area (Å²) in [4.78, 5) is 10.3. The molecule has 0 radical (unpaired) electrons. The van der Waals surface area contributed by atoms with Crippen LogP contribution in [0.2, 0.25) is 0 Å². The summed E-state index contributed by atoms with van der Waals surface area (Å²) in [6.07, 6.45) is 2.57. The van der Waals surface area contributed by atoms with Crippen molar-refractivity contribution in [3.05, 3.63) is 12.2 Å². The average molecular weight is 159 g/mol. The second-order valence-electron chi connectivity index (χ2n) is 2.11. The lowest BCUT2D eigenvalue weighted by Crippen LogP contribution is -2.32. The maximum Gasteiger partial charge on any atom is 0.218 e. The SMILES string of the molecule is CC(=O)NC(O)C/C=C/CO. The molecule has 64 valence electrons. The van der Waals surface area contributed by atoms with Crippen molar-refractivity contribution in [2.24, 2.45) is 0 Å². The Morgan fingerprint density at radius 3 is 2.73 bits per heavy atom. The quantitative estimate of drug-likeness (QED) is 0.378. The van der Waals surface area contributed by atoms with E-state index in [0.717, 1.165) is 0 Å². The standard InChI is InChI=1S/C7H13NO3/c1-6(10)8-7(11)4-2-3-5-9/h2-3,7,9,11H,4-5H2,1H3,(H,8,10)/b3-2+. The van der Waals surface area contributed by atoms with Gasteiger partial charge in [0.05, 0.1) is 6.61 Å². The van der Waals surface area contributed by atoms with Gasteiger partial charge in [-0.05, 0) is 0 Å². The summed E-state index contributed by atoms with van der Waals surface area (Å²) in [5.74, 6) is -0.269. The number of carbonyl (C=O) groups excluding carboxylic acids is 1. The Kier molecular flexibility index (Phi) is 5.42. The summed E-state index contributed by atoms with van der Waals surface area (Å²) >= 11 is 0. The minimum absolute atomic E-state index is 0.0488. The molecule has 0 aromatic carbocycles. The number of aliphatic hydroxyl groups is 2. The molecule has 0 aromatic heterocycles. The minimum Gasteiger partial charge on any atom is -0.392 e. The highest BCUT2D eigenvalue weighted by atomic mass is 16.3. The van der Waals surface area contributed by atoms with Crippen molar-refractivity contribution >= 4 is 5.91 Å². The van der Waals surface area contributed by atoms with E-state index in [4.69, 9.17) is 10.2 Å². The lowest BCUT2D eigenvalue weighted by molar-refractivity contribution is -0.121. The molecule has 0 fully saturated rings. The highest BCUT2D eigenvalue weighted by Gasteiger charge is 2.00. The maximum atomic E-state index is 10.3. The summed E-state index contributed by atoms with van der Waals surface area (Å²) in [5, 5.41) is 19.6. The molecule has 0 saturated heterocycles. The minimum atomic E-state index is -0.852. The van der Waals surface area contributed by atoms with Crippen LogP contribution in [0.15, 0.2) is 12.2 Å². The van der Waals surface area contributed by atoms with Crippen molar-refractivity contribution < 1.29 is 15.0 Å². The number of amides is 1. The van der Waals surface area contributed by atoms with Gasteiger partial charge < -0.3 is 15.5 Å². The summed E-state index contributed by atoms with van der Waals surface area (Å²) in [7, 11) is 0.